The van der Waals surface area contributed by atoms with E-state index in [0.29, 0.717) is 17.5 Å². The molecule has 3 aromatic rings. The van der Waals surface area contributed by atoms with E-state index in [1.54, 1.807) is 30.3 Å². The van der Waals surface area contributed by atoms with E-state index in [9.17, 15) is 29.4 Å². The first-order valence-electron chi connectivity index (χ1n) is 15.2. The van der Waals surface area contributed by atoms with Crippen LogP contribution in [0.2, 0.25) is 0 Å². The van der Waals surface area contributed by atoms with Gasteiger partial charge in [-0.25, -0.2) is 0 Å². The van der Waals surface area contributed by atoms with Crippen LogP contribution in [0.1, 0.15) is 56.0 Å². The quantitative estimate of drug-likeness (QED) is 0.174. The third kappa shape index (κ3) is 9.65. The van der Waals surface area contributed by atoms with Crippen molar-refractivity contribution in [3.63, 3.8) is 0 Å². The zero-order valence-corrected chi connectivity index (χ0v) is 27.2. The number of halogens is 1. The summed E-state index contributed by atoms with van der Waals surface area (Å²) in [6.45, 7) is 6.82. The molecule has 0 aliphatic carbocycles. The summed E-state index contributed by atoms with van der Waals surface area (Å²) in [7, 11) is 0. The Morgan fingerprint density at radius 1 is 0.978 bits per heavy atom. The summed E-state index contributed by atoms with van der Waals surface area (Å²) in [5.74, 6) is -2.22. The second-order valence-electron chi connectivity index (χ2n) is 12.6. The summed E-state index contributed by atoms with van der Waals surface area (Å²) < 4.78 is 0. The van der Waals surface area contributed by atoms with Crippen LogP contribution in [0.3, 0.4) is 0 Å². The molecule has 12 heteroatoms. The van der Waals surface area contributed by atoms with Crippen LogP contribution in [0, 0.1) is 0 Å². The van der Waals surface area contributed by atoms with Crippen LogP contribution in [-0.4, -0.2) is 81.6 Å². The van der Waals surface area contributed by atoms with Gasteiger partial charge in [0.05, 0.1) is 24.6 Å². The number of fused-ring (bicyclic) bond motifs is 1. The van der Waals surface area contributed by atoms with Crippen molar-refractivity contribution in [3.05, 3.63) is 77.9 Å². The first-order chi connectivity index (χ1) is 21.3. The van der Waals surface area contributed by atoms with E-state index in [1.807, 2.05) is 24.3 Å². The number of nitrogens with two attached hydrogens (primary N) is 1. The number of likely N-dealkylation sites (tertiary alicyclic amines) is 1. The maximum absolute atomic E-state index is 13.5. The fraction of sp³-hybridized carbons (Fsp3) is 0.412. The highest BCUT2D eigenvalue weighted by molar-refractivity contribution is 6.01. The molecule has 4 amide bonds. The van der Waals surface area contributed by atoms with E-state index < -0.39 is 42.3 Å². The molecule has 1 heterocycles. The maximum Gasteiger partial charge on any atom is 0.251 e. The zero-order valence-electron chi connectivity index (χ0n) is 26.4. The van der Waals surface area contributed by atoms with Gasteiger partial charge in [0.25, 0.3) is 5.91 Å². The van der Waals surface area contributed by atoms with Crippen LogP contribution < -0.4 is 21.7 Å². The Labute approximate surface area is 275 Å². The molecule has 248 valence electrons. The first-order valence-corrected chi connectivity index (χ1v) is 15.2. The molecule has 0 bridgehead atoms. The molecule has 1 saturated heterocycles. The Kier molecular flexibility index (Phi) is 12.5. The summed E-state index contributed by atoms with van der Waals surface area (Å²) in [4.78, 5) is 53.9. The van der Waals surface area contributed by atoms with Crippen molar-refractivity contribution in [2.75, 3.05) is 13.1 Å². The number of hydrogen-bond donors (Lipinski definition) is 6. The molecule has 1 aliphatic heterocycles. The molecule has 4 atom stereocenters. The number of benzene rings is 3. The van der Waals surface area contributed by atoms with Crippen molar-refractivity contribution in [3.8, 4) is 5.75 Å². The lowest BCUT2D eigenvalue weighted by molar-refractivity contribution is -0.128. The van der Waals surface area contributed by atoms with Crippen LogP contribution in [0.15, 0.2) is 66.7 Å². The number of primary amides is 1. The molecule has 7 N–H and O–H groups in total. The number of nitrogens with zero attached hydrogens (tertiary/aromatic N) is 1. The lowest BCUT2D eigenvalue weighted by Gasteiger charge is -2.36. The number of hydrogen-bond acceptors (Lipinski definition) is 7. The van der Waals surface area contributed by atoms with Crippen LogP contribution >= 0.6 is 12.4 Å². The van der Waals surface area contributed by atoms with Gasteiger partial charge in [-0.15, -0.1) is 12.4 Å². The minimum Gasteiger partial charge on any atom is -0.508 e. The van der Waals surface area contributed by atoms with Crippen molar-refractivity contribution in [1.82, 2.24) is 20.9 Å². The maximum atomic E-state index is 13.5. The molecule has 4 rings (SSSR count). The molecule has 46 heavy (non-hydrogen) atoms. The second-order valence-corrected chi connectivity index (χ2v) is 12.6. The van der Waals surface area contributed by atoms with Gasteiger partial charge in [0.15, 0.2) is 0 Å². The van der Waals surface area contributed by atoms with E-state index in [4.69, 9.17) is 5.73 Å². The number of aliphatic hydroxyl groups excluding tert-OH is 1. The van der Waals surface area contributed by atoms with Crippen LogP contribution in [0.4, 0.5) is 0 Å². The van der Waals surface area contributed by atoms with Crippen molar-refractivity contribution in [2.45, 2.75) is 76.2 Å². The predicted molar refractivity (Wildman–Crippen MR) is 179 cm³/mol. The third-order valence-electron chi connectivity index (χ3n) is 8.13. The number of phenols is 1. The normalized spacial score (nSPS) is 16.9. The largest absolute Gasteiger partial charge is 0.508 e. The van der Waals surface area contributed by atoms with Crippen LogP contribution in [-0.2, 0) is 20.8 Å². The number of carbonyl (C=O) groups excluding carboxylic acids is 4. The predicted octanol–water partition coefficient (Wildman–Crippen LogP) is 2.41. The van der Waals surface area contributed by atoms with Crippen LogP contribution in [0.5, 0.6) is 5.75 Å². The summed E-state index contributed by atoms with van der Waals surface area (Å²) in [5, 5.41) is 30.9. The average Bonchev–Trinajstić information content (AvgIpc) is 3.51. The van der Waals surface area contributed by atoms with Gasteiger partial charge in [0.1, 0.15) is 11.8 Å². The Hall–Kier alpha value is -4.19. The number of rotatable bonds is 12. The summed E-state index contributed by atoms with van der Waals surface area (Å²) >= 11 is 0. The second kappa shape index (κ2) is 15.9. The highest BCUT2D eigenvalue weighted by Gasteiger charge is 2.37. The van der Waals surface area contributed by atoms with Gasteiger partial charge >= 0.3 is 0 Å². The SMILES string of the molecule is CC(C)(C)N1CCC[C@H]1C(=O)NC[C@@H](O)[C@H](Cc1ccc(O)cc1)NC(=O)[C@H](CC(N)=O)NC(=O)c1ccc2ccccc2c1.Cl. The molecule has 0 radical (unpaired) electrons. The Bertz CT molecular complexity index is 1530. The number of phenolic OH excluding ortho intramolecular Hbond substituents is 1. The number of amides is 4. The fourth-order valence-electron chi connectivity index (χ4n) is 5.74. The number of nitrogens with one attached hydrogen (secondary N) is 3. The highest BCUT2D eigenvalue weighted by atomic mass is 35.5. The first kappa shape index (κ1) is 36.3. The van der Waals surface area contributed by atoms with E-state index >= 15 is 0 Å². The highest BCUT2D eigenvalue weighted by Crippen LogP contribution is 2.26. The average molecular weight is 654 g/mol. The monoisotopic (exact) mass is 653 g/mol. The molecule has 0 spiro atoms. The number of aromatic hydroxyl groups is 1. The van der Waals surface area contributed by atoms with E-state index in [2.05, 4.69) is 41.6 Å². The molecular formula is C34H44ClN5O6. The Balaban J connectivity index is 0.00000576. The Morgan fingerprint density at radius 2 is 1.65 bits per heavy atom. The lowest BCUT2D eigenvalue weighted by atomic mass is 9.99. The van der Waals surface area contributed by atoms with E-state index in [1.165, 1.54) is 12.1 Å². The lowest BCUT2D eigenvalue weighted by Crippen LogP contribution is -2.57. The van der Waals surface area contributed by atoms with Gasteiger partial charge < -0.3 is 31.9 Å². The van der Waals surface area contributed by atoms with Gasteiger partial charge in [-0.1, -0.05) is 42.5 Å². The minimum absolute atomic E-state index is 0. The molecule has 1 aliphatic rings. The van der Waals surface area contributed by atoms with Crippen molar-refractivity contribution in [1.29, 1.82) is 0 Å². The zero-order chi connectivity index (χ0) is 32.7. The van der Waals surface area contributed by atoms with Gasteiger partial charge in [0.2, 0.25) is 17.7 Å². The molecular weight excluding hydrogens is 610 g/mol. The van der Waals surface area contributed by atoms with Crippen molar-refractivity contribution in [2.24, 2.45) is 5.73 Å². The summed E-state index contributed by atoms with van der Waals surface area (Å²) in [6, 6.07) is 16.3. The van der Waals surface area contributed by atoms with E-state index in [-0.39, 0.29) is 48.6 Å². The summed E-state index contributed by atoms with van der Waals surface area (Å²) in [5.41, 5.74) is 6.24. The Morgan fingerprint density at radius 3 is 2.30 bits per heavy atom. The smallest absolute Gasteiger partial charge is 0.251 e. The van der Waals surface area contributed by atoms with Gasteiger partial charge in [0, 0.05) is 17.6 Å². The minimum atomic E-state index is -1.32. The molecule has 0 unspecified atom stereocenters. The van der Waals surface area contributed by atoms with Gasteiger partial charge in [-0.2, -0.15) is 0 Å². The van der Waals surface area contributed by atoms with Crippen molar-refractivity contribution >= 4 is 46.8 Å². The van der Waals surface area contributed by atoms with Gasteiger partial charge in [-0.3, -0.25) is 24.1 Å². The third-order valence-corrected chi connectivity index (χ3v) is 8.13. The number of aliphatic hydroxyl groups is 1. The van der Waals surface area contributed by atoms with Gasteiger partial charge in [-0.05, 0) is 87.2 Å². The summed E-state index contributed by atoms with van der Waals surface area (Å²) in [6.07, 6.45) is 0.0560. The fourth-order valence-corrected chi connectivity index (χ4v) is 5.74. The molecule has 11 nitrogen and oxygen atoms in total. The topological polar surface area (TPSA) is 174 Å². The van der Waals surface area contributed by atoms with Crippen molar-refractivity contribution < 1.29 is 29.4 Å². The molecule has 0 saturated carbocycles. The number of carbonyl (C=O) groups is 4. The van der Waals surface area contributed by atoms with E-state index in [0.717, 1.165) is 23.7 Å². The van der Waals surface area contributed by atoms with Crippen LogP contribution in [0.25, 0.3) is 10.8 Å². The standard InChI is InChI=1S/C34H43N5O6.ClH/c1-34(2,3)39-16-6-9-28(39)33(45)36-20-29(41)26(17-21-10-14-25(40)15-11-21)37-32(44)27(19-30(35)42)38-31(43)24-13-12-22-7-4-5-8-23(22)18-24;/h4-5,7-8,10-15,18,26-29,40-41H,6,9,16-17,19-20H2,1-3H3,(H2,35,42)(H,36,45)(H,37,44)(H,38,43);1H/t26-,27-,28-,29+;/m0./s1. The molecule has 1 fully saturated rings. The molecule has 0 aromatic heterocycles. The molecule has 3 aromatic carbocycles.